The van der Waals surface area contributed by atoms with Gasteiger partial charge in [0.25, 0.3) is 0 Å². The Morgan fingerprint density at radius 1 is 1.24 bits per heavy atom. The average molecular weight is 249 g/mol. The second-order valence-corrected chi connectivity index (χ2v) is 5.58. The molecule has 0 amide bonds. The van der Waals surface area contributed by atoms with Crippen LogP contribution < -0.4 is 5.01 Å². The van der Waals surface area contributed by atoms with Crippen LogP contribution >= 0.6 is 11.6 Å². The van der Waals surface area contributed by atoms with Gasteiger partial charge >= 0.3 is 0 Å². The first-order chi connectivity index (χ1) is 8.25. The van der Waals surface area contributed by atoms with Gasteiger partial charge < -0.3 is 0 Å². The van der Waals surface area contributed by atoms with Crippen molar-refractivity contribution in [2.24, 2.45) is 11.0 Å². The molecule has 1 heterocycles. The third-order valence-corrected chi connectivity index (χ3v) is 4.43. The van der Waals surface area contributed by atoms with Crippen molar-refractivity contribution in [2.75, 3.05) is 5.01 Å². The maximum absolute atomic E-state index is 6.46. The number of anilines is 1. The zero-order chi connectivity index (χ0) is 11.8. The normalized spacial score (nSPS) is 32.2. The number of benzene rings is 1. The van der Waals surface area contributed by atoms with E-state index in [2.05, 4.69) is 36.2 Å². The molecule has 1 aliphatic carbocycles. The molecule has 3 rings (SSSR count). The minimum atomic E-state index is 0.225. The van der Waals surface area contributed by atoms with E-state index >= 15 is 0 Å². The van der Waals surface area contributed by atoms with Crippen molar-refractivity contribution in [1.29, 1.82) is 0 Å². The molecular weight excluding hydrogens is 232 g/mol. The van der Waals surface area contributed by atoms with E-state index in [1.54, 1.807) is 0 Å². The van der Waals surface area contributed by atoms with E-state index in [1.165, 1.54) is 12.1 Å². The molecule has 1 saturated carbocycles. The molecule has 2 aliphatic rings. The van der Waals surface area contributed by atoms with Gasteiger partial charge in [0.1, 0.15) is 0 Å². The Balaban J connectivity index is 1.98. The number of rotatable bonds is 1. The van der Waals surface area contributed by atoms with E-state index in [0.29, 0.717) is 12.0 Å². The highest BCUT2D eigenvalue weighted by Gasteiger charge is 2.38. The van der Waals surface area contributed by atoms with Crippen LogP contribution in [0.25, 0.3) is 0 Å². The number of nitrogens with zero attached hydrogens (tertiary/aromatic N) is 2. The Kier molecular flexibility index (Phi) is 2.83. The Bertz CT molecular complexity index is 429. The van der Waals surface area contributed by atoms with Crippen molar-refractivity contribution in [1.82, 2.24) is 0 Å². The summed E-state index contributed by atoms with van der Waals surface area (Å²) in [6.45, 7) is 2.14. The van der Waals surface area contributed by atoms with Gasteiger partial charge in [-0.3, -0.25) is 5.01 Å². The largest absolute Gasteiger partial charge is 0.261 e. The lowest BCUT2D eigenvalue weighted by molar-refractivity contribution is 0.357. The third kappa shape index (κ3) is 1.95. The monoisotopic (exact) mass is 248 g/mol. The standard InChI is InChI=1S/C14H17ClN2/c1-10-11-7-8-13(15)14(9-11)17(16-10)12-5-3-2-4-6-12/h2-6,11,13-14H,7-9H2,1H3/t11-,13-,14-/m1/s1. The van der Waals surface area contributed by atoms with Crippen LogP contribution in [0.5, 0.6) is 0 Å². The van der Waals surface area contributed by atoms with E-state index in [0.717, 1.165) is 18.5 Å². The molecule has 0 saturated heterocycles. The van der Waals surface area contributed by atoms with Crippen molar-refractivity contribution < 1.29 is 0 Å². The predicted octanol–water partition coefficient (Wildman–Crippen LogP) is 3.66. The van der Waals surface area contributed by atoms with E-state index in [9.17, 15) is 0 Å². The minimum absolute atomic E-state index is 0.225. The van der Waals surface area contributed by atoms with E-state index < -0.39 is 0 Å². The fourth-order valence-corrected chi connectivity index (χ4v) is 3.23. The molecule has 2 nitrogen and oxygen atoms in total. The van der Waals surface area contributed by atoms with Gasteiger partial charge in [0.15, 0.2) is 0 Å². The fraction of sp³-hybridized carbons (Fsp3) is 0.500. The molecule has 1 aromatic rings. The van der Waals surface area contributed by atoms with Gasteiger partial charge in [-0.25, -0.2) is 0 Å². The lowest BCUT2D eigenvalue weighted by Gasteiger charge is -2.43. The van der Waals surface area contributed by atoms with Crippen LogP contribution in [0.1, 0.15) is 26.2 Å². The van der Waals surface area contributed by atoms with Crippen LogP contribution in [-0.2, 0) is 0 Å². The number of hydrazone groups is 1. The summed E-state index contributed by atoms with van der Waals surface area (Å²) in [4.78, 5) is 0. The highest BCUT2D eigenvalue weighted by Crippen LogP contribution is 2.38. The predicted molar refractivity (Wildman–Crippen MR) is 72.8 cm³/mol. The van der Waals surface area contributed by atoms with Crippen LogP contribution in [0.4, 0.5) is 5.69 Å². The van der Waals surface area contributed by atoms with Gasteiger partial charge in [0.05, 0.1) is 17.1 Å². The summed E-state index contributed by atoms with van der Waals surface area (Å²) in [5.41, 5.74) is 2.41. The zero-order valence-electron chi connectivity index (χ0n) is 10.0. The SMILES string of the molecule is CC1=NN(c2ccccc2)[C@@H]2C[C@H]1CC[C@H]2Cl. The van der Waals surface area contributed by atoms with Crippen LogP contribution in [-0.4, -0.2) is 17.1 Å². The summed E-state index contributed by atoms with van der Waals surface area (Å²) in [5.74, 6) is 0.648. The maximum atomic E-state index is 6.46. The van der Waals surface area contributed by atoms with Gasteiger partial charge in [-0.1, -0.05) is 18.2 Å². The van der Waals surface area contributed by atoms with Crippen molar-refractivity contribution in [3.63, 3.8) is 0 Å². The number of alkyl halides is 1. The molecule has 90 valence electrons. The fourth-order valence-electron chi connectivity index (χ4n) is 2.90. The second kappa shape index (κ2) is 4.34. The summed E-state index contributed by atoms with van der Waals surface area (Å²) < 4.78 is 0. The molecule has 1 fully saturated rings. The zero-order valence-corrected chi connectivity index (χ0v) is 10.8. The Morgan fingerprint density at radius 2 is 2.00 bits per heavy atom. The highest BCUT2D eigenvalue weighted by molar-refractivity contribution is 6.21. The van der Waals surface area contributed by atoms with Gasteiger partial charge in [0.2, 0.25) is 0 Å². The van der Waals surface area contributed by atoms with Gasteiger partial charge in [0, 0.05) is 11.6 Å². The molecule has 17 heavy (non-hydrogen) atoms. The molecule has 0 aromatic heterocycles. The number of hydrogen-bond acceptors (Lipinski definition) is 2. The van der Waals surface area contributed by atoms with Crippen molar-refractivity contribution in [2.45, 2.75) is 37.6 Å². The molecule has 3 atom stereocenters. The number of hydrogen-bond donors (Lipinski definition) is 0. The highest BCUT2D eigenvalue weighted by atomic mass is 35.5. The number of para-hydroxylation sites is 1. The van der Waals surface area contributed by atoms with E-state index in [4.69, 9.17) is 16.7 Å². The first-order valence-corrected chi connectivity index (χ1v) is 6.73. The van der Waals surface area contributed by atoms with Crippen molar-refractivity contribution in [3.05, 3.63) is 30.3 Å². The molecule has 0 spiro atoms. The molecule has 3 heteroatoms. The first-order valence-electron chi connectivity index (χ1n) is 6.29. The van der Waals surface area contributed by atoms with Crippen molar-refractivity contribution >= 4 is 23.0 Å². The van der Waals surface area contributed by atoms with Crippen LogP contribution in [0.3, 0.4) is 0 Å². The molecule has 0 unspecified atom stereocenters. The van der Waals surface area contributed by atoms with E-state index in [-0.39, 0.29) is 5.38 Å². The molecule has 2 bridgehead atoms. The molecule has 0 N–H and O–H groups in total. The summed E-state index contributed by atoms with van der Waals surface area (Å²) in [6.07, 6.45) is 3.45. The number of halogens is 1. The minimum Gasteiger partial charge on any atom is -0.261 e. The summed E-state index contributed by atoms with van der Waals surface area (Å²) in [5, 5.41) is 7.11. The van der Waals surface area contributed by atoms with Crippen LogP contribution in [0.15, 0.2) is 35.4 Å². The maximum Gasteiger partial charge on any atom is 0.0695 e. The van der Waals surface area contributed by atoms with Gasteiger partial charge in [-0.05, 0) is 38.3 Å². The molecule has 1 aliphatic heterocycles. The summed E-state index contributed by atoms with van der Waals surface area (Å²) in [7, 11) is 0. The lowest BCUT2D eigenvalue weighted by atomic mass is 9.81. The third-order valence-electron chi connectivity index (χ3n) is 3.93. The van der Waals surface area contributed by atoms with Crippen LogP contribution in [0, 0.1) is 5.92 Å². The molecular formula is C14H17ClN2. The van der Waals surface area contributed by atoms with E-state index in [1.807, 2.05) is 6.07 Å². The first kappa shape index (κ1) is 11.1. The summed E-state index contributed by atoms with van der Waals surface area (Å²) in [6, 6.07) is 10.7. The molecule has 1 aromatic carbocycles. The smallest absolute Gasteiger partial charge is 0.0695 e. The summed E-state index contributed by atoms with van der Waals surface area (Å²) >= 11 is 6.46. The Morgan fingerprint density at radius 3 is 2.76 bits per heavy atom. The Hall–Kier alpha value is -1.02. The quantitative estimate of drug-likeness (QED) is 0.693. The second-order valence-electron chi connectivity index (χ2n) is 5.01. The number of fused-ring (bicyclic) bond motifs is 2. The Labute approximate surface area is 107 Å². The van der Waals surface area contributed by atoms with Crippen LogP contribution in [0.2, 0.25) is 0 Å². The lowest BCUT2D eigenvalue weighted by Crippen LogP contribution is -2.48. The van der Waals surface area contributed by atoms with Gasteiger partial charge in [-0.15, -0.1) is 11.6 Å². The van der Waals surface area contributed by atoms with Gasteiger partial charge in [-0.2, -0.15) is 5.10 Å². The van der Waals surface area contributed by atoms with Crippen molar-refractivity contribution in [3.8, 4) is 0 Å². The average Bonchev–Trinajstić information content (AvgIpc) is 2.37. The topological polar surface area (TPSA) is 15.6 Å². The molecule has 0 radical (unpaired) electrons.